The largest absolute Gasteiger partial charge is 0.486 e. The Kier molecular flexibility index (Phi) is 2.64. The van der Waals surface area contributed by atoms with Crippen LogP contribution in [0.3, 0.4) is 0 Å². The zero-order valence-corrected chi connectivity index (χ0v) is 8.40. The van der Waals surface area contributed by atoms with Crippen molar-refractivity contribution in [3.05, 3.63) is 23.8 Å². The highest BCUT2D eigenvalue weighted by molar-refractivity contribution is 5.53. The quantitative estimate of drug-likeness (QED) is 0.709. The van der Waals surface area contributed by atoms with Gasteiger partial charge in [0.2, 0.25) is 0 Å². The first kappa shape index (κ1) is 10.8. The summed E-state index contributed by atoms with van der Waals surface area (Å²) in [6, 6.07) is 1.80. The highest BCUT2D eigenvalue weighted by Crippen LogP contribution is 2.28. The first-order valence-electron chi connectivity index (χ1n) is 4.23. The Balaban J connectivity index is 3.09. The van der Waals surface area contributed by atoms with Gasteiger partial charge < -0.3 is 10.5 Å². The first-order valence-corrected chi connectivity index (χ1v) is 4.23. The monoisotopic (exact) mass is 201 g/mol. The molecular formula is C10H13F2NO. The van der Waals surface area contributed by atoms with E-state index in [2.05, 4.69) is 0 Å². The van der Waals surface area contributed by atoms with E-state index < -0.39 is 17.2 Å². The predicted octanol–water partition coefficient (Wildman–Crippen LogP) is 2.72. The van der Waals surface area contributed by atoms with Gasteiger partial charge in [0, 0.05) is 12.1 Å². The Bertz CT molecular complexity index is 345. The summed E-state index contributed by atoms with van der Waals surface area (Å²) in [5.41, 5.74) is 4.69. The second-order valence-electron chi connectivity index (χ2n) is 4.01. The number of halogens is 2. The number of nitrogen functional groups attached to an aromatic ring is 1. The minimum atomic E-state index is -0.802. The maximum atomic E-state index is 13.0. The van der Waals surface area contributed by atoms with E-state index in [1.54, 1.807) is 20.8 Å². The average molecular weight is 201 g/mol. The van der Waals surface area contributed by atoms with Gasteiger partial charge in [0.1, 0.15) is 22.9 Å². The van der Waals surface area contributed by atoms with Gasteiger partial charge in [-0.3, -0.25) is 0 Å². The standard InChI is InChI=1S/C10H13F2NO/c1-10(2,3)14-8-5-6(11)4-7(12)9(8)13/h4-5H,13H2,1-3H3. The molecule has 14 heavy (non-hydrogen) atoms. The lowest BCUT2D eigenvalue weighted by Gasteiger charge is -2.22. The van der Waals surface area contributed by atoms with Gasteiger partial charge in [-0.15, -0.1) is 0 Å². The fraction of sp³-hybridized carbons (Fsp3) is 0.400. The summed E-state index contributed by atoms with van der Waals surface area (Å²) < 4.78 is 31.1. The van der Waals surface area contributed by atoms with Crippen LogP contribution >= 0.6 is 0 Å². The number of anilines is 1. The second-order valence-corrected chi connectivity index (χ2v) is 4.01. The van der Waals surface area contributed by atoms with E-state index in [1.807, 2.05) is 0 Å². The smallest absolute Gasteiger partial charge is 0.152 e. The average Bonchev–Trinajstić information content (AvgIpc) is 1.96. The van der Waals surface area contributed by atoms with Crippen LogP contribution < -0.4 is 10.5 Å². The molecule has 0 spiro atoms. The van der Waals surface area contributed by atoms with Crippen LogP contribution in [0.15, 0.2) is 12.1 Å². The van der Waals surface area contributed by atoms with Crippen molar-refractivity contribution in [1.82, 2.24) is 0 Å². The minimum Gasteiger partial charge on any atom is -0.486 e. The summed E-state index contributed by atoms with van der Waals surface area (Å²) in [7, 11) is 0. The molecule has 0 fully saturated rings. The summed E-state index contributed by atoms with van der Waals surface area (Å²) >= 11 is 0. The Morgan fingerprint density at radius 1 is 1.21 bits per heavy atom. The fourth-order valence-electron chi connectivity index (χ4n) is 0.975. The van der Waals surface area contributed by atoms with Gasteiger partial charge in [0.05, 0.1) is 0 Å². The Morgan fingerprint density at radius 3 is 2.29 bits per heavy atom. The molecule has 0 aromatic heterocycles. The predicted molar refractivity (Wildman–Crippen MR) is 51.2 cm³/mol. The minimum absolute atomic E-state index is 0.0370. The highest BCUT2D eigenvalue weighted by atomic mass is 19.1. The number of nitrogens with two attached hydrogens (primary N) is 1. The van der Waals surface area contributed by atoms with Crippen LogP contribution in [0.25, 0.3) is 0 Å². The van der Waals surface area contributed by atoms with E-state index in [-0.39, 0.29) is 11.4 Å². The van der Waals surface area contributed by atoms with Crippen LogP contribution in [0.1, 0.15) is 20.8 Å². The molecule has 0 heterocycles. The zero-order valence-electron chi connectivity index (χ0n) is 8.40. The SMILES string of the molecule is CC(C)(C)Oc1cc(F)cc(F)c1N. The maximum absolute atomic E-state index is 13.0. The van der Waals surface area contributed by atoms with Crippen molar-refractivity contribution in [2.75, 3.05) is 5.73 Å². The maximum Gasteiger partial charge on any atom is 0.152 e. The van der Waals surface area contributed by atoms with Crippen LogP contribution in [-0.2, 0) is 0 Å². The van der Waals surface area contributed by atoms with E-state index in [4.69, 9.17) is 10.5 Å². The summed E-state index contributed by atoms with van der Waals surface area (Å²) in [6.07, 6.45) is 0. The summed E-state index contributed by atoms with van der Waals surface area (Å²) in [5, 5.41) is 0. The van der Waals surface area contributed by atoms with Crippen molar-refractivity contribution < 1.29 is 13.5 Å². The van der Waals surface area contributed by atoms with E-state index in [1.165, 1.54) is 0 Å². The molecule has 0 aliphatic carbocycles. The molecule has 2 N–H and O–H groups in total. The lowest BCUT2D eigenvalue weighted by Crippen LogP contribution is -2.23. The number of benzene rings is 1. The number of hydrogen-bond donors (Lipinski definition) is 1. The van der Waals surface area contributed by atoms with Crippen molar-refractivity contribution in [1.29, 1.82) is 0 Å². The van der Waals surface area contributed by atoms with Crippen molar-refractivity contribution in [2.45, 2.75) is 26.4 Å². The number of ether oxygens (including phenoxy) is 1. The van der Waals surface area contributed by atoms with Gasteiger partial charge in [-0.05, 0) is 20.8 Å². The van der Waals surface area contributed by atoms with Crippen LogP contribution in [0.5, 0.6) is 5.75 Å². The normalized spacial score (nSPS) is 11.5. The number of hydrogen-bond acceptors (Lipinski definition) is 2. The molecule has 1 aromatic rings. The van der Waals surface area contributed by atoms with Gasteiger partial charge in [-0.1, -0.05) is 0 Å². The molecule has 0 bridgehead atoms. The lowest BCUT2D eigenvalue weighted by molar-refractivity contribution is 0.131. The zero-order chi connectivity index (χ0) is 10.9. The molecular weight excluding hydrogens is 188 g/mol. The van der Waals surface area contributed by atoms with Crippen LogP contribution in [-0.4, -0.2) is 5.60 Å². The third-order valence-electron chi connectivity index (χ3n) is 1.47. The Morgan fingerprint density at radius 2 is 1.79 bits per heavy atom. The lowest BCUT2D eigenvalue weighted by atomic mass is 10.2. The van der Waals surface area contributed by atoms with Gasteiger partial charge in [-0.25, -0.2) is 8.78 Å². The topological polar surface area (TPSA) is 35.2 Å². The highest BCUT2D eigenvalue weighted by Gasteiger charge is 2.16. The van der Waals surface area contributed by atoms with Crippen molar-refractivity contribution >= 4 is 5.69 Å². The van der Waals surface area contributed by atoms with Crippen LogP contribution in [0, 0.1) is 11.6 Å². The van der Waals surface area contributed by atoms with Crippen molar-refractivity contribution in [3.8, 4) is 5.75 Å². The van der Waals surface area contributed by atoms with Gasteiger partial charge in [0.25, 0.3) is 0 Å². The third kappa shape index (κ3) is 2.58. The van der Waals surface area contributed by atoms with Gasteiger partial charge >= 0.3 is 0 Å². The Hall–Kier alpha value is -1.32. The van der Waals surface area contributed by atoms with Gasteiger partial charge in [-0.2, -0.15) is 0 Å². The fourth-order valence-corrected chi connectivity index (χ4v) is 0.975. The van der Waals surface area contributed by atoms with E-state index >= 15 is 0 Å². The molecule has 1 rings (SSSR count). The second kappa shape index (κ2) is 3.44. The molecule has 78 valence electrons. The molecule has 0 aliphatic heterocycles. The van der Waals surface area contributed by atoms with Crippen LogP contribution in [0.2, 0.25) is 0 Å². The molecule has 0 atom stereocenters. The van der Waals surface area contributed by atoms with E-state index in [0.29, 0.717) is 0 Å². The van der Waals surface area contributed by atoms with E-state index in [9.17, 15) is 8.78 Å². The summed E-state index contributed by atoms with van der Waals surface area (Å²) in [4.78, 5) is 0. The molecule has 0 radical (unpaired) electrons. The van der Waals surface area contributed by atoms with Crippen molar-refractivity contribution in [2.24, 2.45) is 0 Å². The number of rotatable bonds is 1. The molecule has 0 amide bonds. The van der Waals surface area contributed by atoms with Crippen molar-refractivity contribution in [3.63, 3.8) is 0 Å². The Labute approximate surface area is 81.7 Å². The molecule has 4 heteroatoms. The molecule has 2 nitrogen and oxygen atoms in total. The molecule has 1 aromatic carbocycles. The molecule has 0 aliphatic rings. The molecule has 0 saturated carbocycles. The third-order valence-corrected chi connectivity index (χ3v) is 1.47. The molecule has 0 unspecified atom stereocenters. The first-order chi connectivity index (χ1) is 6.29. The van der Waals surface area contributed by atoms with Gasteiger partial charge in [0.15, 0.2) is 5.82 Å². The van der Waals surface area contributed by atoms with E-state index in [0.717, 1.165) is 12.1 Å². The molecule has 0 saturated heterocycles. The van der Waals surface area contributed by atoms with Crippen LogP contribution in [0.4, 0.5) is 14.5 Å². The summed E-state index contributed by atoms with van der Waals surface area (Å²) in [6.45, 7) is 5.32. The summed E-state index contributed by atoms with van der Waals surface area (Å²) in [5.74, 6) is -1.46.